The minimum absolute atomic E-state index is 0.137. The van der Waals surface area contributed by atoms with Crippen molar-refractivity contribution in [3.8, 4) is 5.75 Å². The number of carbonyl (C=O) groups is 3. The van der Waals surface area contributed by atoms with Crippen LogP contribution >= 0.6 is 0 Å². The molecule has 0 bridgehead atoms. The van der Waals surface area contributed by atoms with Crippen molar-refractivity contribution in [2.24, 2.45) is 0 Å². The molecular weight excluding hydrogens is 382 g/mol. The highest BCUT2D eigenvalue weighted by atomic mass is 16.5. The lowest BCUT2D eigenvalue weighted by atomic mass is 10.0. The van der Waals surface area contributed by atoms with Crippen LogP contribution in [-0.2, 0) is 9.53 Å². The minimum atomic E-state index is -1.01. The molecule has 0 aromatic heterocycles. The fourth-order valence-electron chi connectivity index (χ4n) is 2.74. The largest absolute Gasteiger partial charge is 0.497 e. The SMILES string of the molecule is COc1cccc(NC(=O)[C@H](C)OC(=O)c2ccc(C(=O)c3ccccc3)cc2)c1. The van der Waals surface area contributed by atoms with E-state index < -0.39 is 18.0 Å². The lowest BCUT2D eigenvalue weighted by Gasteiger charge is -2.14. The number of methoxy groups -OCH3 is 1. The zero-order chi connectivity index (χ0) is 21.5. The van der Waals surface area contributed by atoms with Crippen LogP contribution in [0.4, 0.5) is 5.69 Å². The van der Waals surface area contributed by atoms with Gasteiger partial charge >= 0.3 is 5.97 Å². The number of ketones is 1. The van der Waals surface area contributed by atoms with Gasteiger partial charge in [-0.15, -0.1) is 0 Å². The molecule has 0 heterocycles. The van der Waals surface area contributed by atoms with Crippen molar-refractivity contribution in [1.29, 1.82) is 0 Å². The van der Waals surface area contributed by atoms with Gasteiger partial charge in [-0.1, -0.05) is 48.5 Å². The Morgan fingerprint density at radius 1 is 0.800 bits per heavy atom. The lowest BCUT2D eigenvalue weighted by Crippen LogP contribution is -2.30. The van der Waals surface area contributed by atoms with E-state index in [9.17, 15) is 14.4 Å². The van der Waals surface area contributed by atoms with Gasteiger partial charge in [0.25, 0.3) is 5.91 Å². The molecule has 0 saturated carbocycles. The predicted octanol–water partition coefficient (Wildman–Crippen LogP) is 4.11. The molecule has 3 aromatic carbocycles. The second kappa shape index (κ2) is 9.52. The third-order valence-corrected chi connectivity index (χ3v) is 4.41. The highest BCUT2D eigenvalue weighted by Crippen LogP contribution is 2.17. The van der Waals surface area contributed by atoms with Gasteiger partial charge in [-0.05, 0) is 31.2 Å². The lowest BCUT2D eigenvalue weighted by molar-refractivity contribution is -0.123. The van der Waals surface area contributed by atoms with Crippen molar-refractivity contribution < 1.29 is 23.9 Å². The van der Waals surface area contributed by atoms with E-state index in [1.165, 1.54) is 26.2 Å². The van der Waals surface area contributed by atoms with E-state index in [1.807, 2.05) is 6.07 Å². The van der Waals surface area contributed by atoms with Crippen molar-refractivity contribution in [3.63, 3.8) is 0 Å². The molecule has 0 saturated heterocycles. The fourth-order valence-corrected chi connectivity index (χ4v) is 2.74. The Labute approximate surface area is 174 Å². The summed E-state index contributed by atoms with van der Waals surface area (Å²) in [6.45, 7) is 1.49. The molecular formula is C24H21NO5. The molecule has 3 rings (SSSR count). The van der Waals surface area contributed by atoms with E-state index in [1.54, 1.807) is 60.7 Å². The maximum Gasteiger partial charge on any atom is 0.338 e. The molecule has 0 aliphatic rings. The number of hydrogen-bond acceptors (Lipinski definition) is 5. The van der Waals surface area contributed by atoms with Crippen LogP contribution in [0.5, 0.6) is 5.75 Å². The van der Waals surface area contributed by atoms with Gasteiger partial charge in [0.05, 0.1) is 12.7 Å². The Balaban J connectivity index is 1.60. The molecule has 0 aliphatic heterocycles. The van der Waals surface area contributed by atoms with Crippen LogP contribution in [0.3, 0.4) is 0 Å². The van der Waals surface area contributed by atoms with Gasteiger partial charge in [0, 0.05) is 22.9 Å². The summed E-state index contributed by atoms with van der Waals surface area (Å²) in [5, 5.41) is 2.67. The Bertz CT molecular complexity index is 1040. The summed E-state index contributed by atoms with van der Waals surface area (Å²) in [6, 6.07) is 21.9. The molecule has 6 nitrogen and oxygen atoms in total. The molecule has 1 N–H and O–H groups in total. The van der Waals surface area contributed by atoms with Gasteiger partial charge in [0.15, 0.2) is 11.9 Å². The maximum atomic E-state index is 12.4. The number of benzene rings is 3. The molecule has 1 amide bonds. The highest BCUT2D eigenvalue weighted by Gasteiger charge is 2.19. The predicted molar refractivity (Wildman–Crippen MR) is 113 cm³/mol. The summed E-state index contributed by atoms with van der Waals surface area (Å²) in [7, 11) is 1.53. The quantitative estimate of drug-likeness (QED) is 0.474. The first-order chi connectivity index (χ1) is 14.5. The monoisotopic (exact) mass is 403 g/mol. The Morgan fingerprint density at radius 3 is 2.10 bits per heavy atom. The van der Waals surface area contributed by atoms with Crippen molar-refractivity contribution in [2.45, 2.75) is 13.0 Å². The second-order valence-corrected chi connectivity index (χ2v) is 6.54. The standard InChI is InChI=1S/C24H21NO5/c1-16(23(27)25-20-9-6-10-21(15-20)29-2)30-24(28)19-13-11-18(12-14-19)22(26)17-7-4-3-5-8-17/h3-16H,1-2H3,(H,25,27)/t16-/m0/s1. The van der Waals surface area contributed by atoms with Crippen LogP contribution < -0.4 is 10.1 Å². The van der Waals surface area contributed by atoms with Crippen molar-refractivity contribution >= 4 is 23.3 Å². The molecule has 30 heavy (non-hydrogen) atoms. The average Bonchev–Trinajstić information content (AvgIpc) is 2.79. The number of hydrogen-bond donors (Lipinski definition) is 1. The van der Waals surface area contributed by atoms with Crippen LogP contribution in [0.15, 0.2) is 78.9 Å². The van der Waals surface area contributed by atoms with Crippen molar-refractivity contribution in [1.82, 2.24) is 0 Å². The Morgan fingerprint density at radius 2 is 1.43 bits per heavy atom. The Kier molecular flexibility index (Phi) is 6.60. The molecule has 0 unspecified atom stereocenters. The van der Waals surface area contributed by atoms with Crippen molar-refractivity contribution in [3.05, 3.63) is 95.6 Å². The van der Waals surface area contributed by atoms with E-state index in [4.69, 9.17) is 9.47 Å². The van der Waals surface area contributed by atoms with Crippen LogP contribution in [-0.4, -0.2) is 30.9 Å². The molecule has 0 spiro atoms. The van der Waals surface area contributed by atoms with Gasteiger partial charge in [-0.2, -0.15) is 0 Å². The van der Waals surface area contributed by atoms with Gasteiger partial charge < -0.3 is 14.8 Å². The van der Waals surface area contributed by atoms with Crippen LogP contribution in [0.2, 0.25) is 0 Å². The summed E-state index contributed by atoms with van der Waals surface area (Å²) in [6.07, 6.45) is -1.01. The fraction of sp³-hybridized carbons (Fsp3) is 0.125. The Hall–Kier alpha value is -3.93. The number of carbonyl (C=O) groups excluding carboxylic acids is 3. The molecule has 0 aliphatic carbocycles. The molecule has 3 aromatic rings. The maximum absolute atomic E-state index is 12.4. The number of esters is 1. The first-order valence-corrected chi connectivity index (χ1v) is 9.33. The van der Waals surface area contributed by atoms with Crippen LogP contribution in [0, 0.1) is 0 Å². The van der Waals surface area contributed by atoms with E-state index in [0.717, 1.165) is 0 Å². The molecule has 0 radical (unpaired) electrons. The highest BCUT2D eigenvalue weighted by molar-refractivity contribution is 6.09. The number of amides is 1. The topological polar surface area (TPSA) is 81.7 Å². The van der Waals surface area contributed by atoms with Gasteiger partial charge in [0.1, 0.15) is 5.75 Å². The number of nitrogens with one attached hydrogen (secondary N) is 1. The third kappa shape index (κ3) is 5.11. The number of anilines is 1. The normalized spacial score (nSPS) is 11.3. The zero-order valence-electron chi connectivity index (χ0n) is 16.6. The molecule has 152 valence electrons. The van der Waals surface area contributed by atoms with E-state index in [2.05, 4.69) is 5.32 Å². The molecule has 6 heteroatoms. The molecule has 1 atom stereocenters. The third-order valence-electron chi connectivity index (χ3n) is 4.41. The average molecular weight is 403 g/mol. The summed E-state index contributed by atoms with van der Waals surface area (Å²) in [5.41, 5.74) is 1.81. The van der Waals surface area contributed by atoms with E-state index in [0.29, 0.717) is 22.6 Å². The van der Waals surface area contributed by atoms with Gasteiger partial charge in [0.2, 0.25) is 0 Å². The smallest absolute Gasteiger partial charge is 0.338 e. The van der Waals surface area contributed by atoms with E-state index >= 15 is 0 Å². The van der Waals surface area contributed by atoms with Crippen LogP contribution in [0.25, 0.3) is 0 Å². The van der Waals surface area contributed by atoms with E-state index in [-0.39, 0.29) is 11.3 Å². The number of ether oxygens (including phenoxy) is 2. The summed E-state index contributed by atoms with van der Waals surface area (Å²) in [4.78, 5) is 37.1. The summed E-state index contributed by atoms with van der Waals surface area (Å²) >= 11 is 0. The zero-order valence-corrected chi connectivity index (χ0v) is 16.6. The van der Waals surface area contributed by atoms with Crippen LogP contribution in [0.1, 0.15) is 33.2 Å². The van der Waals surface area contributed by atoms with Gasteiger partial charge in [-0.25, -0.2) is 4.79 Å². The summed E-state index contributed by atoms with van der Waals surface area (Å²) < 4.78 is 10.4. The van der Waals surface area contributed by atoms with Crippen molar-refractivity contribution in [2.75, 3.05) is 12.4 Å². The first-order valence-electron chi connectivity index (χ1n) is 9.33. The second-order valence-electron chi connectivity index (χ2n) is 6.54. The number of rotatable bonds is 7. The first kappa shape index (κ1) is 20.8. The molecule has 0 fully saturated rings. The minimum Gasteiger partial charge on any atom is -0.497 e. The summed E-state index contributed by atoms with van der Waals surface area (Å²) in [5.74, 6) is -0.654. The van der Waals surface area contributed by atoms with Gasteiger partial charge in [-0.3, -0.25) is 9.59 Å².